The van der Waals surface area contributed by atoms with Crippen LogP contribution in [-0.2, 0) is 5.41 Å². The Hall–Kier alpha value is -3.87. The Morgan fingerprint density at radius 2 is 1.89 bits per heavy atom. The van der Waals surface area contributed by atoms with Gasteiger partial charge in [-0.3, -0.25) is 4.40 Å². The number of aromatic nitrogens is 3. The number of allylic oxidation sites excluding steroid dienone is 1. The van der Waals surface area contributed by atoms with Gasteiger partial charge in [0.2, 0.25) is 0 Å². The largest absolute Gasteiger partial charge is 0.489 e. The molecule has 1 saturated carbocycles. The van der Waals surface area contributed by atoms with Crippen LogP contribution in [0.3, 0.4) is 0 Å². The van der Waals surface area contributed by atoms with E-state index in [1.807, 2.05) is 50.4 Å². The molecule has 1 aliphatic rings. The van der Waals surface area contributed by atoms with Crippen LogP contribution in [0.4, 0.5) is 10.2 Å². The van der Waals surface area contributed by atoms with Gasteiger partial charge in [-0.05, 0) is 56.5 Å². The molecule has 5 rings (SSSR count). The molecule has 2 N–H and O–H groups in total. The minimum atomic E-state index is -0.420. The van der Waals surface area contributed by atoms with Gasteiger partial charge in [-0.15, -0.1) is 0 Å². The Kier molecular flexibility index (Phi) is 5.93. The number of imidazole rings is 1. The maximum absolute atomic E-state index is 14.1. The van der Waals surface area contributed by atoms with Crippen molar-refractivity contribution in [3.63, 3.8) is 0 Å². The molecule has 0 bridgehead atoms. The molecule has 0 atom stereocenters. The number of hydrogen-bond acceptors (Lipinski definition) is 5. The highest BCUT2D eigenvalue weighted by atomic mass is 19.1. The van der Waals surface area contributed by atoms with Gasteiger partial charge in [-0.2, -0.15) is 0 Å². The molecule has 4 aromatic rings. The molecule has 1 aliphatic carbocycles. The Morgan fingerprint density at radius 1 is 1.14 bits per heavy atom. The van der Waals surface area contributed by atoms with Gasteiger partial charge >= 0.3 is 0 Å². The van der Waals surface area contributed by atoms with E-state index in [2.05, 4.69) is 16.3 Å². The quantitative estimate of drug-likeness (QED) is 0.303. The number of ether oxygens (including phenoxy) is 2. The van der Waals surface area contributed by atoms with Crippen LogP contribution in [0.25, 0.3) is 16.8 Å². The summed E-state index contributed by atoms with van der Waals surface area (Å²) in [6.45, 7) is 6.54. The highest BCUT2D eigenvalue weighted by Gasteiger charge is 2.38. The average Bonchev–Trinajstić information content (AvgIpc) is 3.22. The summed E-state index contributed by atoms with van der Waals surface area (Å²) in [5, 5.41) is 0. The Morgan fingerprint density at radius 3 is 2.57 bits per heavy atom. The molecule has 0 radical (unpaired) electrons. The minimum Gasteiger partial charge on any atom is -0.489 e. The minimum absolute atomic E-state index is 0.0423. The first-order valence-electron chi connectivity index (χ1n) is 11.8. The molecule has 7 heteroatoms. The van der Waals surface area contributed by atoms with E-state index in [1.165, 1.54) is 18.6 Å². The lowest BCUT2D eigenvalue weighted by molar-refractivity contribution is 0.255. The Balaban J connectivity index is 1.42. The van der Waals surface area contributed by atoms with Crippen LogP contribution < -0.4 is 15.2 Å². The zero-order valence-corrected chi connectivity index (χ0v) is 20.2. The molecule has 2 aromatic heterocycles. The predicted molar refractivity (Wildman–Crippen MR) is 135 cm³/mol. The lowest BCUT2D eigenvalue weighted by atomic mass is 9.70. The van der Waals surface area contributed by atoms with Gasteiger partial charge in [-0.1, -0.05) is 19.4 Å². The maximum atomic E-state index is 14.1. The molecule has 35 heavy (non-hydrogen) atoms. The molecule has 2 heterocycles. The molecular weight excluding hydrogens is 443 g/mol. The fourth-order valence-electron chi connectivity index (χ4n) is 4.40. The topological polar surface area (TPSA) is 74.7 Å². The summed E-state index contributed by atoms with van der Waals surface area (Å²) < 4.78 is 27.8. The van der Waals surface area contributed by atoms with E-state index in [-0.39, 0.29) is 5.41 Å². The second-order valence-corrected chi connectivity index (χ2v) is 9.40. The number of nitrogens with two attached hydrogens (primary N) is 1. The number of rotatable bonds is 7. The average molecular weight is 473 g/mol. The highest BCUT2D eigenvalue weighted by Crippen LogP contribution is 2.44. The number of halogens is 1. The summed E-state index contributed by atoms with van der Waals surface area (Å²) in [6, 6.07) is 11.9. The third kappa shape index (κ3) is 4.46. The van der Waals surface area contributed by atoms with Crippen molar-refractivity contribution in [2.24, 2.45) is 0 Å². The summed E-state index contributed by atoms with van der Waals surface area (Å²) in [4.78, 5) is 9.32. The lowest BCUT2D eigenvalue weighted by Crippen LogP contribution is -2.32. The summed E-state index contributed by atoms with van der Waals surface area (Å²) in [5.74, 6) is 2.41. The van der Waals surface area contributed by atoms with E-state index in [1.54, 1.807) is 12.3 Å². The fourth-order valence-corrected chi connectivity index (χ4v) is 4.40. The molecule has 0 spiro atoms. The van der Waals surface area contributed by atoms with Gasteiger partial charge in [0.25, 0.3) is 0 Å². The molecule has 6 nitrogen and oxygen atoms in total. The number of hydrogen-bond donors (Lipinski definition) is 1. The van der Waals surface area contributed by atoms with Gasteiger partial charge < -0.3 is 15.2 Å². The van der Waals surface area contributed by atoms with E-state index < -0.39 is 5.82 Å². The van der Waals surface area contributed by atoms with Crippen LogP contribution in [0.15, 0.2) is 66.5 Å². The van der Waals surface area contributed by atoms with E-state index in [9.17, 15) is 4.39 Å². The Labute approximate surface area is 204 Å². The van der Waals surface area contributed by atoms with Crippen molar-refractivity contribution in [2.75, 3.05) is 12.3 Å². The molecule has 0 saturated heterocycles. The van der Waals surface area contributed by atoms with Crippen molar-refractivity contribution in [3.8, 4) is 28.5 Å². The van der Waals surface area contributed by atoms with E-state index in [0.717, 1.165) is 41.0 Å². The molecule has 180 valence electrons. The first-order chi connectivity index (χ1) is 16.9. The standard InChI is InChI=1S/C28H29FN4O2/c1-4-18(2)17-34-22-14-20(29)15-23(16-22)35-21-8-6-19(7-9-21)24-25-26(30)31-12-13-33(25)27(32-24)28(3)10-5-11-28/h4,6-9,12-16H,5,10-11,17H2,1-3H3,(H2,30,31)/b18-4+. The fraction of sp³-hybridized carbons (Fsp3) is 0.286. The zero-order valence-electron chi connectivity index (χ0n) is 20.2. The van der Waals surface area contributed by atoms with Gasteiger partial charge in [0.1, 0.15) is 52.5 Å². The SMILES string of the molecule is C/C=C(\C)COc1cc(F)cc(Oc2ccc(-c3nc(C4(C)CCC4)n4ccnc(N)c34)cc2)c1. The van der Waals surface area contributed by atoms with E-state index in [4.69, 9.17) is 20.2 Å². The first kappa shape index (κ1) is 22.9. The molecule has 0 aliphatic heterocycles. The van der Waals surface area contributed by atoms with Crippen molar-refractivity contribution < 1.29 is 13.9 Å². The zero-order chi connectivity index (χ0) is 24.6. The summed E-state index contributed by atoms with van der Waals surface area (Å²) in [7, 11) is 0. The van der Waals surface area contributed by atoms with Crippen LogP contribution in [0.5, 0.6) is 17.2 Å². The number of fused-ring (bicyclic) bond motifs is 1. The number of benzene rings is 2. The highest BCUT2D eigenvalue weighted by molar-refractivity contribution is 5.85. The lowest BCUT2D eigenvalue weighted by Gasteiger charge is -2.37. The third-order valence-electron chi connectivity index (χ3n) is 6.75. The van der Waals surface area contributed by atoms with Gasteiger partial charge in [0, 0.05) is 41.6 Å². The van der Waals surface area contributed by atoms with Crippen LogP contribution >= 0.6 is 0 Å². The molecular formula is C28H29FN4O2. The monoisotopic (exact) mass is 472 g/mol. The van der Waals surface area contributed by atoms with Crippen molar-refractivity contribution in [1.29, 1.82) is 0 Å². The summed E-state index contributed by atoms with van der Waals surface area (Å²) >= 11 is 0. The number of nitrogens with zero attached hydrogens (tertiary/aromatic N) is 3. The van der Waals surface area contributed by atoms with E-state index in [0.29, 0.717) is 29.7 Å². The first-order valence-corrected chi connectivity index (χ1v) is 11.8. The second-order valence-electron chi connectivity index (χ2n) is 9.40. The van der Waals surface area contributed by atoms with Crippen molar-refractivity contribution >= 4 is 11.3 Å². The summed E-state index contributed by atoms with van der Waals surface area (Å²) in [5.41, 5.74) is 9.90. The predicted octanol–water partition coefficient (Wildman–Crippen LogP) is 6.70. The van der Waals surface area contributed by atoms with Crippen molar-refractivity contribution in [1.82, 2.24) is 14.4 Å². The van der Waals surface area contributed by atoms with Crippen molar-refractivity contribution in [2.45, 2.75) is 45.4 Å². The van der Waals surface area contributed by atoms with Gasteiger partial charge in [-0.25, -0.2) is 14.4 Å². The van der Waals surface area contributed by atoms with Gasteiger partial charge in [0.15, 0.2) is 0 Å². The smallest absolute Gasteiger partial charge is 0.150 e. The number of anilines is 1. The maximum Gasteiger partial charge on any atom is 0.150 e. The van der Waals surface area contributed by atoms with Gasteiger partial charge in [0.05, 0.1) is 0 Å². The van der Waals surface area contributed by atoms with Crippen LogP contribution in [0, 0.1) is 5.82 Å². The second kappa shape index (κ2) is 9.06. The van der Waals surface area contributed by atoms with Crippen LogP contribution in [-0.4, -0.2) is 21.0 Å². The van der Waals surface area contributed by atoms with Crippen LogP contribution in [0.1, 0.15) is 45.9 Å². The molecule has 1 fully saturated rings. The van der Waals surface area contributed by atoms with Crippen LogP contribution in [0.2, 0.25) is 0 Å². The number of nitrogen functional groups attached to an aromatic ring is 1. The van der Waals surface area contributed by atoms with E-state index >= 15 is 0 Å². The van der Waals surface area contributed by atoms with Crippen molar-refractivity contribution in [3.05, 3.63) is 78.1 Å². The molecule has 0 amide bonds. The molecule has 0 unspecified atom stereocenters. The molecule has 2 aromatic carbocycles. The summed E-state index contributed by atoms with van der Waals surface area (Å²) in [6.07, 6.45) is 9.02. The third-order valence-corrected chi connectivity index (χ3v) is 6.75. The Bertz CT molecular complexity index is 1400. The normalized spacial score (nSPS) is 15.1.